The fraction of sp³-hybridized carbons (Fsp3) is 0.478. The third kappa shape index (κ3) is 3.60. The van der Waals surface area contributed by atoms with Gasteiger partial charge in [0.2, 0.25) is 11.8 Å². The van der Waals surface area contributed by atoms with Crippen molar-refractivity contribution in [2.24, 2.45) is 5.92 Å². The number of nitrogens with zero attached hydrogens (tertiary/aromatic N) is 5. The van der Waals surface area contributed by atoms with Gasteiger partial charge in [-0.2, -0.15) is 5.10 Å². The average Bonchev–Trinajstić information content (AvgIpc) is 3.38. The maximum Gasteiger partial charge on any atom is 0.228 e. The van der Waals surface area contributed by atoms with Crippen molar-refractivity contribution in [2.45, 2.75) is 31.7 Å². The molecule has 2 aromatic rings. The third-order valence-corrected chi connectivity index (χ3v) is 6.73. The van der Waals surface area contributed by atoms with E-state index < -0.39 is 0 Å². The molecule has 8 heteroatoms. The summed E-state index contributed by atoms with van der Waals surface area (Å²) in [5.41, 5.74) is 3.20. The van der Waals surface area contributed by atoms with Crippen LogP contribution in [0.4, 0.5) is 11.5 Å². The number of anilines is 2. The maximum atomic E-state index is 13.1. The lowest BCUT2D eigenvalue weighted by Crippen LogP contribution is -2.61. The third-order valence-electron chi connectivity index (χ3n) is 6.73. The van der Waals surface area contributed by atoms with Crippen molar-refractivity contribution in [1.29, 1.82) is 0 Å². The van der Waals surface area contributed by atoms with Crippen LogP contribution in [0.5, 0.6) is 5.75 Å². The molecule has 1 unspecified atom stereocenters. The Bertz CT molecular complexity index is 1020. The van der Waals surface area contributed by atoms with Crippen LogP contribution in [0.3, 0.4) is 0 Å². The van der Waals surface area contributed by atoms with Gasteiger partial charge in [0.15, 0.2) is 5.82 Å². The monoisotopic (exact) mass is 421 g/mol. The van der Waals surface area contributed by atoms with E-state index in [-0.39, 0.29) is 30.2 Å². The number of hydrogen-bond donors (Lipinski definition) is 0. The molecule has 2 fully saturated rings. The molecular formula is C23H27N5O3. The van der Waals surface area contributed by atoms with Gasteiger partial charge < -0.3 is 19.4 Å². The topological polar surface area (TPSA) is 78.9 Å². The summed E-state index contributed by atoms with van der Waals surface area (Å²) < 4.78 is 5.26. The molecule has 1 aromatic carbocycles. The first-order valence-electron chi connectivity index (χ1n) is 10.8. The highest BCUT2D eigenvalue weighted by atomic mass is 16.5. The van der Waals surface area contributed by atoms with Gasteiger partial charge in [-0.05, 0) is 43.0 Å². The van der Waals surface area contributed by atoms with E-state index in [0.717, 1.165) is 49.6 Å². The normalized spacial score (nSPS) is 20.6. The highest BCUT2D eigenvalue weighted by Crippen LogP contribution is 2.31. The van der Waals surface area contributed by atoms with Crippen molar-refractivity contribution in [3.8, 4) is 5.75 Å². The van der Waals surface area contributed by atoms with Crippen molar-refractivity contribution in [2.75, 3.05) is 43.6 Å². The molecule has 1 aliphatic carbocycles. The molecule has 2 aliphatic heterocycles. The number of carbonyl (C=O) groups excluding carboxylic acids is 2. The summed E-state index contributed by atoms with van der Waals surface area (Å²) in [5, 5.41) is 8.73. The second kappa shape index (κ2) is 7.83. The molecule has 3 aliphatic rings. The van der Waals surface area contributed by atoms with Crippen LogP contribution in [-0.2, 0) is 22.4 Å². The van der Waals surface area contributed by atoms with Gasteiger partial charge in [0, 0.05) is 44.9 Å². The molecule has 2 amide bonds. The number of hydrogen-bond acceptors (Lipinski definition) is 6. The fourth-order valence-corrected chi connectivity index (χ4v) is 4.73. The van der Waals surface area contributed by atoms with E-state index >= 15 is 0 Å². The van der Waals surface area contributed by atoms with Crippen LogP contribution in [0.1, 0.15) is 24.1 Å². The minimum Gasteiger partial charge on any atom is -0.497 e. The summed E-state index contributed by atoms with van der Waals surface area (Å²) >= 11 is 0. The maximum absolute atomic E-state index is 13.1. The molecule has 5 rings (SSSR count). The van der Waals surface area contributed by atoms with E-state index in [0.29, 0.717) is 12.3 Å². The Labute approximate surface area is 181 Å². The van der Waals surface area contributed by atoms with Crippen molar-refractivity contribution < 1.29 is 14.3 Å². The van der Waals surface area contributed by atoms with E-state index in [4.69, 9.17) is 4.74 Å². The molecule has 1 aromatic heterocycles. The van der Waals surface area contributed by atoms with Gasteiger partial charge in [0.25, 0.3) is 0 Å². The molecule has 31 heavy (non-hydrogen) atoms. The lowest BCUT2D eigenvalue weighted by Gasteiger charge is -2.45. The molecule has 1 atom stereocenters. The first-order chi connectivity index (χ1) is 15.0. The van der Waals surface area contributed by atoms with Crippen LogP contribution < -0.4 is 14.5 Å². The second-order valence-corrected chi connectivity index (χ2v) is 8.64. The summed E-state index contributed by atoms with van der Waals surface area (Å²) in [5.74, 6) is 1.28. The Morgan fingerprint density at radius 1 is 1.16 bits per heavy atom. The summed E-state index contributed by atoms with van der Waals surface area (Å²) in [6.45, 7) is 1.90. The van der Waals surface area contributed by atoms with Gasteiger partial charge in [0.1, 0.15) is 5.75 Å². The Balaban J connectivity index is 1.19. The summed E-state index contributed by atoms with van der Waals surface area (Å²) in [6, 6.07) is 9.67. The number of aryl methyl sites for hydroxylation is 2. The molecule has 8 nitrogen and oxygen atoms in total. The van der Waals surface area contributed by atoms with Gasteiger partial charge in [-0.1, -0.05) is 6.07 Å². The van der Waals surface area contributed by atoms with Crippen LogP contribution in [0.15, 0.2) is 30.3 Å². The number of benzene rings is 1. The fourth-order valence-electron chi connectivity index (χ4n) is 4.73. The van der Waals surface area contributed by atoms with Crippen molar-refractivity contribution in [1.82, 2.24) is 15.1 Å². The highest BCUT2D eigenvalue weighted by Gasteiger charge is 2.41. The number of fused-ring (bicyclic) bond motifs is 1. The van der Waals surface area contributed by atoms with Gasteiger partial charge in [-0.15, -0.1) is 5.10 Å². The van der Waals surface area contributed by atoms with E-state index in [2.05, 4.69) is 21.2 Å². The summed E-state index contributed by atoms with van der Waals surface area (Å²) in [4.78, 5) is 31.3. The Hall–Kier alpha value is -3.16. The number of carbonyl (C=O) groups is 2. The molecule has 0 radical (unpaired) electrons. The summed E-state index contributed by atoms with van der Waals surface area (Å²) in [7, 11) is 3.44. The predicted octanol–water partition coefficient (Wildman–Crippen LogP) is 1.67. The first-order valence-corrected chi connectivity index (χ1v) is 10.8. The lowest BCUT2D eigenvalue weighted by molar-refractivity contribution is -0.137. The van der Waals surface area contributed by atoms with Crippen LogP contribution in [-0.4, -0.2) is 66.7 Å². The van der Waals surface area contributed by atoms with Crippen LogP contribution in [0, 0.1) is 5.92 Å². The number of amides is 2. The molecule has 0 spiro atoms. The van der Waals surface area contributed by atoms with Crippen molar-refractivity contribution in [3.05, 3.63) is 41.6 Å². The van der Waals surface area contributed by atoms with E-state index in [9.17, 15) is 9.59 Å². The van der Waals surface area contributed by atoms with Gasteiger partial charge in [-0.3, -0.25) is 9.59 Å². The standard InChI is InChI=1S/C23H27N5O3/c1-26(18-13-27(14-18)21-9-15-5-3-8-20(15)24-25-21)23(30)16-10-22(29)28(12-16)17-6-4-7-19(11-17)31-2/h4,6-7,9,11,16,18H,3,5,8,10,12-14H2,1-2H3. The predicted molar refractivity (Wildman–Crippen MR) is 116 cm³/mol. The molecule has 162 valence electrons. The zero-order valence-electron chi connectivity index (χ0n) is 18.0. The first kappa shape index (κ1) is 19.8. The molecule has 0 saturated carbocycles. The average molecular weight is 422 g/mol. The second-order valence-electron chi connectivity index (χ2n) is 8.64. The number of rotatable bonds is 5. The molecule has 2 saturated heterocycles. The van der Waals surface area contributed by atoms with Crippen LogP contribution in [0.2, 0.25) is 0 Å². The minimum atomic E-state index is -0.322. The molecular weight excluding hydrogens is 394 g/mol. The molecule has 3 heterocycles. The number of ether oxygens (including phenoxy) is 1. The molecule has 0 bridgehead atoms. The highest BCUT2D eigenvalue weighted by molar-refractivity contribution is 6.00. The Morgan fingerprint density at radius 2 is 2.00 bits per heavy atom. The molecule has 0 N–H and O–H groups in total. The minimum absolute atomic E-state index is 0.0244. The van der Waals surface area contributed by atoms with E-state index in [1.807, 2.05) is 36.2 Å². The number of likely N-dealkylation sites (N-methyl/N-ethyl adjacent to an activating group) is 1. The van der Waals surface area contributed by atoms with Crippen molar-refractivity contribution >= 4 is 23.3 Å². The van der Waals surface area contributed by atoms with Crippen molar-refractivity contribution in [3.63, 3.8) is 0 Å². The quantitative estimate of drug-likeness (QED) is 0.731. The SMILES string of the molecule is COc1cccc(N2CC(C(=O)N(C)C3CN(c4cc5c(nn4)CCC5)C3)CC2=O)c1. The van der Waals surface area contributed by atoms with E-state index in [1.54, 1.807) is 12.0 Å². The van der Waals surface area contributed by atoms with E-state index in [1.165, 1.54) is 5.56 Å². The zero-order valence-corrected chi connectivity index (χ0v) is 18.0. The van der Waals surface area contributed by atoms with Crippen LogP contribution >= 0.6 is 0 Å². The largest absolute Gasteiger partial charge is 0.497 e. The zero-order chi connectivity index (χ0) is 21.5. The Morgan fingerprint density at radius 3 is 2.81 bits per heavy atom. The smallest absolute Gasteiger partial charge is 0.228 e. The van der Waals surface area contributed by atoms with Gasteiger partial charge in [0.05, 0.1) is 24.8 Å². The summed E-state index contributed by atoms with van der Waals surface area (Å²) in [6.07, 6.45) is 3.50. The number of methoxy groups -OCH3 is 1. The Kier molecular flexibility index (Phi) is 5.00. The lowest BCUT2D eigenvalue weighted by atomic mass is 10.0. The number of aromatic nitrogens is 2. The van der Waals surface area contributed by atoms with Crippen LogP contribution in [0.25, 0.3) is 0 Å². The van der Waals surface area contributed by atoms with Gasteiger partial charge in [-0.25, -0.2) is 0 Å². The van der Waals surface area contributed by atoms with Gasteiger partial charge >= 0.3 is 0 Å².